The van der Waals surface area contributed by atoms with Gasteiger partial charge >= 0.3 is 5.97 Å². The van der Waals surface area contributed by atoms with Gasteiger partial charge in [-0.25, -0.2) is 9.78 Å². The third-order valence-corrected chi connectivity index (χ3v) is 3.89. The number of para-hydroxylation sites is 2. The first kappa shape index (κ1) is 14.6. The number of carbonyl (C=O) groups is 1. The summed E-state index contributed by atoms with van der Waals surface area (Å²) in [5.74, 6) is 0.501. The molecular weight excluding hydrogens is 278 g/mol. The lowest BCUT2D eigenvalue weighted by Crippen LogP contribution is -2.09. The fourth-order valence-corrected chi connectivity index (χ4v) is 2.89. The first-order valence-corrected chi connectivity index (χ1v) is 7.82. The molecule has 0 aliphatic heterocycles. The largest absolute Gasteiger partial charge is 0.461 e. The summed E-state index contributed by atoms with van der Waals surface area (Å²) in [6.45, 7) is 7.10. The van der Waals surface area contributed by atoms with Crippen LogP contribution in [-0.4, -0.2) is 26.5 Å². The second-order valence-corrected chi connectivity index (χ2v) is 5.40. The number of imidazole rings is 2. The van der Waals surface area contributed by atoms with Gasteiger partial charge in [0.15, 0.2) is 5.69 Å². The number of aryl methyl sites for hydroxylation is 2. The minimum absolute atomic E-state index is 0.314. The maximum Gasteiger partial charge on any atom is 0.357 e. The standard InChI is InChI=1S/C17H21N3O2/c1-4-6-11-19-13-9-7-8-10-14(13)20-15(16(21)22-5-2)12(3)18-17(19)20/h7-10H,4-6,11H2,1-3H3. The highest BCUT2D eigenvalue weighted by Gasteiger charge is 2.23. The van der Waals surface area contributed by atoms with E-state index >= 15 is 0 Å². The van der Waals surface area contributed by atoms with E-state index < -0.39 is 0 Å². The molecule has 5 nitrogen and oxygen atoms in total. The van der Waals surface area contributed by atoms with Crippen molar-refractivity contribution in [2.45, 2.75) is 40.2 Å². The third kappa shape index (κ3) is 2.17. The second kappa shape index (κ2) is 5.83. The number of ether oxygens (including phenoxy) is 1. The summed E-state index contributed by atoms with van der Waals surface area (Å²) in [5.41, 5.74) is 3.34. The Bertz CT molecular complexity index is 829. The predicted octanol–water partition coefficient (Wildman–Crippen LogP) is 3.57. The van der Waals surface area contributed by atoms with Crippen LogP contribution in [0.2, 0.25) is 0 Å². The van der Waals surface area contributed by atoms with E-state index in [0.29, 0.717) is 18.0 Å². The van der Waals surface area contributed by atoms with Crippen molar-refractivity contribution >= 4 is 22.8 Å². The van der Waals surface area contributed by atoms with Crippen LogP contribution in [0.1, 0.15) is 42.9 Å². The molecule has 2 heterocycles. The normalized spacial score (nSPS) is 11.4. The summed E-state index contributed by atoms with van der Waals surface area (Å²) in [4.78, 5) is 16.9. The molecular formula is C17H21N3O2. The van der Waals surface area contributed by atoms with Crippen LogP contribution < -0.4 is 0 Å². The number of rotatable bonds is 5. The molecule has 22 heavy (non-hydrogen) atoms. The molecule has 116 valence electrons. The Morgan fingerprint density at radius 1 is 1.23 bits per heavy atom. The Kier molecular flexibility index (Phi) is 3.88. The van der Waals surface area contributed by atoms with E-state index in [1.54, 1.807) is 0 Å². The van der Waals surface area contributed by atoms with Gasteiger partial charge in [0.25, 0.3) is 0 Å². The highest BCUT2D eigenvalue weighted by molar-refractivity contribution is 5.93. The van der Waals surface area contributed by atoms with Gasteiger partial charge in [0, 0.05) is 6.54 Å². The maximum absolute atomic E-state index is 12.3. The zero-order valence-electron chi connectivity index (χ0n) is 13.3. The lowest BCUT2D eigenvalue weighted by molar-refractivity contribution is 0.0518. The molecule has 2 aromatic heterocycles. The van der Waals surface area contributed by atoms with Crippen LogP contribution in [0, 0.1) is 6.92 Å². The molecule has 0 N–H and O–H groups in total. The van der Waals surface area contributed by atoms with Crippen LogP contribution in [0.3, 0.4) is 0 Å². The number of aromatic nitrogens is 3. The molecule has 0 saturated carbocycles. The minimum atomic E-state index is -0.314. The van der Waals surface area contributed by atoms with Crippen molar-refractivity contribution in [2.75, 3.05) is 6.61 Å². The van der Waals surface area contributed by atoms with Crippen LogP contribution in [0.5, 0.6) is 0 Å². The molecule has 1 aromatic carbocycles. The molecule has 3 rings (SSSR count). The van der Waals surface area contributed by atoms with Crippen molar-refractivity contribution in [2.24, 2.45) is 0 Å². The molecule has 5 heteroatoms. The number of hydrogen-bond acceptors (Lipinski definition) is 3. The Morgan fingerprint density at radius 2 is 1.95 bits per heavy atom. The van der Waals surface area contributed by atoms with Crippen LogP contribution >= 0.6 is 0 Å². The molecule has 0 bridgehead atoms. The first-order chi connectivity index (χ1) is 10.7. The van der Waals surface area contributed by atoms with E-state index in [9.17, 15) is 4.79 Å². The van der Waals surface area contributed by atoms with Crippen molar-refractivity contribution < 1.29 is 9.53 Å². The Labute approximate surface area is 129 Å². The molecule has 0 fully saturated rings. The number of hydrogen-bond donors (Lipinski definition) is 0. The summed E-state index contributed by atoms with van der Waals surface area (Å²) in [5, 5.41) is 0. The smallest absolute Gasteiger partial charge is 0.357 e. The molecule has 0 spiro atoms. The number of nitrogens with zero attached hydrogens (tertiary/aromatic N) is 3. The van der Waals surface area contributed by atoms with Crippen LogP contribution in [0.15, 0.2) is 24.3 Å². The van der Waals surface area contributed by atoms with E-state index in [1.165, 1.54) is 0 Å². The zero-order chi connectivity index (χ0) is 15.7. The van der Waals surface area contributed by atoms with Crippen LogP contribution in [-0.2, 0) is 11.3 Å². The van der Waals surface area contributed by atoms with E-state index in [4.69, 9.17) is 4.74 Å². The van der Waals surface area contributed by atoms with Gasteiger partial charge in [-0.1, -0.05) is 25.5 Å². The van der Waals surface area contributed by atoms with Crippen LogP contribution in [0.25, 0.3) is 16.8 Å². The topological polar surface area (TPSA) is 48.5 Å². The van der Waals surface area contributed by atoms with Crippen molar-refractivity contribution in [3.05, 3.63) is 35.7 Å². The summed E-state index contributed by atoms with van der Waals surface area (Å²) in [6.07, 6.45) is 2.19. The van der Waals surface area contributed by atoms with Crippen molar-refractivity contribution in [3.8, 4) is 0 Å². The number of esters is 1. The second-order valence-electron chi connectivity index (χ2n) is 5.40. The average molecular weight is 299 g/mol. The van der Waals surface area contributed by atoms with Gasteiger partial charge in [-0.05, 0) is 32.4 Å². The molecule has 0 aliphatic rings. The van der Waals surface area contributed by atoms with Gasteiger partial charge in [-0.3, -0.25) is 4.40 Å². The molecule has 3 aromatic rings. The summed E-state index contributed by atoms with van der Waals surface area (Å²) in [7, 11) is 0. The van der Waals surface area contributed by atoms with Gasteiger partial charge in [0.1, 0.15) is 0 Å². The van der Waals surface area contributed by atoms with Crippen molar-refractivity contribution in [1.82, 2.24) is 14.0 Å². The van der Waals surface area contributed by atoms with E-state index in [2.05, 4.69) is 22.5 Å². The van der Waals surface area contributed by atoms with Gasteiger partial charge in [0.2, 0.25) is 5.78 Å². The van der Waals surface area contributed by atoms with Gasteiger partial charge in [0.05, 0.1) is 23.3 Å². The van der Waals surface area contributed by atoms with E-state index in [-0.39, 0.29) is 5.97 Å². The lowest BCUT2D eigenvalue weighted by Gasteiger charge is -2.03. The maximum atomic E-state index is 12.3. The van der Waals surface area contributed by atoms with E-state index in [0.717, 1.165) is 36.2 Å². The summed E-state index contributed by atoms with van der Waals surface area (Å²) >= 11 is 0. The van der Waals surface area contributed by atoms with Crippen LogP contribution in [0.4, 0.5) is 0 Å². The van der Waals surface area contributed by atoms with Gasteiger partial charge < -0.3 is 9.30 Å². The highest BCUT2D eigenvalue weighted by Crippen LogP contribution is 2.25. The Balaban J connectivity index is 2.30. The number of benzene rings is 1. The molecule has 0 saturated heterocycles. The van der Waals surface area contributed by atoms with Gasteiger partial charge in [-0.2, -0.15) is 0 Å². The lowest BCUT2D eigenvalue weighted by atomic mass is 10.3. The van der Waals surface area contributed by atoms with E-state index in [1.807, 2.05) is 36.4 Å². The highest BCUT2D eigenvalue weighted by atomic mass is 16.5. The molecule has 0 aliphatic carbocycles. The minimum Gasteiger partial charge on any atom is -0.461 e. The number of unbranched alkanes of at least 4 members (excludes halogenated alkanes) is 1. The van der Waals surface area contributed by atoms with Gasteiger partial charge in [-0.15, -0.1) is 0 Å². The molecule has 0 amide bonds. The number of carbonyl (C=O) groups excluding carboxylic acids is 1. The summed E-state index contributed by atoms with van der Waals surface area (Å²) < 4.78 is 9.32. The van der Waals surface area contributed by atoms with Crippen molar-refractivity contribution in [3.63, 3.8) is 0 Å². The number of fused-ring (bicyclic) bond motifs is 3. The summed E-state index contributed by atoms with van der Waals surface area (Å²) in [6, 6.07) is 8.09. The zero-order valence-corrected chi connectivity index (χ0v) is 13.3. The SMILES string of the molecule is CCCCn1c2ccccc2n2c(C(=O)OCC)c(C)nc12. The third-order valence-electron chi connectivity index (χ3n) is 3.89. The molecule has 0 radical (unpaired) electrons. The first-order valence-electron chi connectivity index (χ1n) is 7.82. The van der Waals surface area contributed by atoms with Crippen molar-refractivity contribution in [1.29, 1.82) is 0 Å². The molecule has 0 unspecified atom stereocenters. The Hall–Kier alpha value is -2.30. The average Bonchev–Trinajstić information content (AvgIpc) is 2.99. The quantitative estimate of drug-likeness (QED) is 0.677. The molecule has 0 atom stereocenters. The Morgan fingerprint density at radius 3 is 2.64 bits per heavy atom. The predicted molar refractivity (Wildman–Crippen MR) is 86.3 cm³/mol. The fourth-order valence-electron chi connectivity index (χ4n) is 2.89. The fraction of sp³-hybridized carbons (Fsp3) is 0.412. The monoisotopic (exact) mass is 299 g/mol.